The summed E-state index contributed by atoms with van der Waals surface area (Å²) in [5.74, 6) is -0.584. The third kappa shape index (κ3) is 11.6. The molecule has 4 amide bonds. The van der Waals surface area contributed by atoms with Gasteiger partial charge in [0.15, 0.2) is 0 Å². The van der Waals surface area contributed by atoms with Crippen molar-refractivity contribution in [2.75, 3.05) is 14.1 Å². The highest BCUT2D eigenvalue weighted by Gasteiger charge is 2.13. The van der Waals surface area contributed by atoms with Crippen LogP contribution >= 0.6 is 0 Å². The van der Waals surface area contributed by atoms with Crippen LogP contribution in [0, 0.1) is 0 Å². The molecule has 0 aliphatic carbocycles. The quantitative estimate of drug-likeness (QED) is 0.199. The Bertz CT molecular complexity index is 1270. The van der Waals surface area contributed by atoms with Crippen LogP contribution in [0.2, 0.25) is 0 Å². The van der Waals surface area contributed by atoms with Gasteiger partial charge in [-0.05, 0) is 33.4 Å². The Morgan fingerprint density at radius 1 is 0.500 bits per heavy atom. The molecule has 6 N–H and O–H groups in total. The summed E-state index contributed by atoms with van der Waals surface area (Å²) in [5.41, 5.74) is 17.1. The summed E-state index contributed by atoms with van der Waals surface area (Å²) in [4.78, 5) is 52.8. The molecule has 234 valence electrons. The average molecular weight is 601 g/mol. The van der Waals surface area contributed by atoms with Gasteiger partial charge in [0.2, 0.25) is 23.6 Å². The Morgan fingerprint density at radius 3 is 1.11 bits per heavy atom. The number of carbonyl (C=O) groups excluding carboxylic acids is 4. The van der Waals surface area contributed by atoms with Crippen LogP contribution in [0.5, 0.6) is 0 Å². The third-order valence-corrected chi connectivity index (χ3v) is 7.34. The van der Waals surface area contributed by atoms with Crippen molar-refractivity contribution in [1.82, 2.24) is 20.4 Å². The molecule has 0 heterocycles. The molecule has 0 aliphatic heterocycles. The summed E-state index contributed by atoms with van der Waals surface area (Å²) in [6.07, 6.45) is 0.485. The van der Waals surface area contributed by atoms with Gasteiger partial charge in [-0.25, -0.2) is 0 Å². The summed E-state index contributed by atoms with van der Waals surface area (Å²) < 4.78 is 0. The number of nitrogens with one attached hydrogen (secondary N) is 2. The van der Waals surface area contributed by atoms with Crippen LogP contribution < -0.4 is 22.1 Å². The van der Waals surface area contributed by atoms with Crippen molar-refractivity contribution in [3.8, 4) is 0 Å². The highest BCUT2D eigenvalue weighted by Crippen LogP contribution is 2.10. The van der Waals surface area contributed by atoms with Gasteiger partial charge in [-0.2, -0.15) is 0 Å². The standard InChI is InChI=1S/C34H44N6O4/c1-39(23-29-11-3-25(19-35)4-12-29)33(43)17-15-31(41)37-21-27-7-9-28(10-8-27)22-38-32(42)16-18-34(44)40(2)24-30-13-5-26(20-36)6-14-30/h3-14H,15-24,35-36H2,1-2H3,(H,37,41)(H,38,42). The summed E-state index contributed by atoms with van der Waals surface area (Å²) in [6.45, 7) is 2.58. The van der Waals surface area contributed by atoms with Gasteiger partial charge in [0.25, 0.3) is 0 Å². The lowest BCUT2D eigenvalue weighted by atomic mass is 10.1. The first-order valence-electron chi connectivity index (χ1n) is 14.8. The molecule has 0 fully saturated rings. The minimum Gasteiger partial charge on any atom is -0.352 e. The zero-order valence-electron chi connectivity index (χ0n) is 25.7. The Balaban J connectivity index is 1.30. The number of benzene rings is 3. The molecule has 10 heteroatoms. The maximum absolute atomic E-state index is 12.5. The van der Waals surface area contributed by atoms with Gasteiger partial charge < -0.3 is 31.9 Å². The molecule has 0 aromatic heterocycles. The largest absolute Gasteiger partial charge is 0.352 e. The van der Waals surface area contributed by atoms with E-state index in [2.05, 4.69) is 10.6 Å². The first kappa shape index (κ1) is 34.0. The molecule has 0 radical (unpaired) electrons. The molecule has 0 unspecified atom stereocenters. The van der Waals surface area contributed by atoms with E-state index >= 15 is 0 Å². The highest BCUT2D eigenvalue weighted by atomic mass is 16.2. The van der Waals surface area contributed by atoms with Crippen molar-refractivity contribution < 1.29 is 19.2 Å². The number of amides is 4. The lowest BCUT2D eigenvalue weighted by molar-refractivity contribution is -0.133. The Labute approximate surface area is 259 Å². The van der Waals surface area contributed by atoms with E-state index < -0.39 is 0 Å². The van der Waals surface area contributed by atoms with E-state index in [1.54, 1.807) is 23.9 Å². The molecule has 0 bridgehead atoms. The second kappa shape index (κ2) is 17.5. The van der Waals surface area contributed by atoms with E-state index in [4.69, 9.17) is 11.5 Å². The van der Waals surface area contributed by atoms with Gasteiger partial charge in [-0.3, -0.25) is 19.2 Å². The first-order chi connectivity index (χ1) is 21.2. The maximum atomic E-state index is 12.5. The smallest absolute Gasteiger partial charge is 0.223 e. The number of rotatable bonds is 16. The lowest BCUT2D eigenvalue weighted by Gasteiger charge is -2.17. The van der Waals surface area contributed by atoms with Crippen LogP contribution in [0.15, 0.2) is 72.8 Å². The molecule has 3 rings (SSSR count). The summed E-state index contributed by atoms with van der Waals surface area (Å²) in [7, 11) is 3.45. The Morgan fingerprint density at radius 2 is 0.795 bits per heavy atom. The van der Waals surface area contributed by atoms with E-state index in [1.807, 2.05) is 72.8 Å². The molecule has 0 aliphatic rings. The summed E-state index contributed by atoms with van der Waals surface area (Å²) >= 11 is 0. The fourth-order valence-electron chi connectivity index (χ4n) is 4.46. The highest BCUT2D eigenvalue weighted by molar-refractivity contribution is 5.84. The lowest BCUT2D eigenvalue weighted by Crippen LogP contribution is -2.29. The summed E-state index contributed by atoms with van der Waals surface area (Å²) in [6, 6.07) is 23.1. The SMILES string of the molecule is CN(Cc1ccc(CN)cc1)C(=O)CCC(=O)NCc1ccc(CNC(=O)CCC(=O)N(C)Cc2ccc(CN)cc2)cc1. The molecular weight excluding hydrogens is 556 g/mol. The van der Waals surface area contributed by atoms with E-state index in [9.17, 15) is 19.2 Å². The van der Waals surface area contributed by atoms with E-state index in [0.29, 0.717) is 39.3 Å². The zero-order valence-corrected chi connectivity index (χ0v) is 25.7. The van der Waals surface area contributed by atoms with Gasteiger partial charge in [0.05, 0.1) is 0 Å². The van der Waals surface area contributed by atoms with E-state index in [-0.39, 0.29) is 49.3 Å². The molecule has 0 spiro atoms. The minimum atomic E-state index is -0.194. The second-order valence-electron chi connectivity index (χ2n) is 10.9. The topological polar surface area (TPSA) is 151 Å². The van der Waals surface area contributed by atoms with Crippen molar-refractivity contribution in [3.63, 3.8) is 0 Å². The van der Waals surface area contributed by atoms with Crippen molar-refractivity contribution in [1.29, 1.82) is 0 Å². The average Bonchev–Trinajstić information content (AvgIpc) is 3.05. The minimum absolute atomic E-state index is 0.0975. The Hall–Kier alpha value is -4.54. The number of hydrogen-bond acceptors (Lipinski definition) is 6. The van der Waals surface area contributed by atoms with Crippen LogP contribution in [0.4, 0.5) is 0 Å². The molecule has 44 heavy (non-hydrogen) atoms. The molecule has 0 saturated carbocycles. The van der Waals surface area contributed by atoms with Gasteiger partial charge in [-0.1, -0.05) is 72.8 Å². The van der Waals surface area contributed by atoms with Crippen molar-refractivity contribution >= 4 is 23.6 Å². The second-order valence-corrected chi connectivity index (χ2v) is 10.9. The molecule has 3 aromatic carbocycles. The summed E-state index contributed by atoms with van der Waals surface area (Å²) in [5, 5.41) is 5.70. The predicted octanol–water partition coefficient (Wildman–Crippen LogP) is 2.71. The van der Waals surface area contributed by atoms with Crippen molar-refractivity contribution in [2.24, 2.45) is 11.5 Å². The molecule has 3 aromatic rings. The van der Waals surface area contributed by atoms with Crippen molar-refractivity contribution in [3.05, 3.63) is 106 Å². The maximum Gasteiger partial charge on any atom is 0.223 e. The molecular formula is C34H44N6O4. The van der Waals surface area contributed by atoms with Crippen molar-refractivity contribution in [2.45, 2.75) is 65.0 Å². The van der Waals surface area contributed by atoms with Gasteiger partial charge in [0.1, 0.15) is 0 Å². The van der Waals surface area contributed by atoms with Crippen LogP contribution in [-0.4, -0.2) is 47.5 Å². The number of nitrogens with zero attached hydrogens (tertiary/aromatic N) is 2. The van der Waals surface area contributed by atoms with Crippen LogP contribution in [0.3, 0.4) is 0 Å². The number of hydrogen-bond donors (Lipinski definition) is 4. The van der Waals surface area contributed by atoms with Crippen LogP contribution in [0.25, 0.3) is 0 Å². The zero-order chi connectivity index (χ0) is 31.9. The number of carbonyl (C=O) groups is 4. The molecule has 0 atom stereocenters. The van der Waals surface area contributed by atoms with Crippen LogP contribution in [-0.2, 0) is 58.4 Å². The monoisotopic (exact) mass is 600 g/mol. The van der Waals surface area contributed by atoms with E-state index in [0.717, 1.165) is 33.4 Å². The number of nitrogens with two attached hydrogens (primary N) is 2. The Kier molecular flexibility index (Phi) is 13.5. The first-order valence-corrected chi connectivity index (χ1v) is 14.8. The normalized spacial score (nSPS) is 10.6. The third-order valence-electron chi connectivity index (χ3n) is 7.34. The fourth-order valence-corrected chi connectivity index (χ4v) is 4.46. The predicted molar refractivity (Wildman–Crippen MR) is 170 cm³/mol. The molecule has 0 saturated heterocycles. The van der Waals surface area contributed by atoms with Gasteiger partial charge in [0, 0.05) is 79.0 Å². The fraction of sp³-hybridized carbons (Fsp3) is 0.353. The van der Waals surface area contributed by atoms with Gasteiger partial charge in [-0.15, -0.1) is 0 Å². The van der Waals surface area contributed by atoms with Crippen LogP contribution in [0.1, 0.15) is 59.1 Å². The van der Waals surface area contributed by atoms with Gasteiger partial charge >= 0.3 is 0 Å². The van der Waals surface area contributed by atoms with E-state index in [1.165, 1.54) is 0 Å². The molecule has 10 nitrogen and oxygen atoms in total.